The first kappa shape index (κ1) is 17.4. The van der Waals surface area contributed by atoms with Crippen LogP contribution in [0.4, 0.5) is 17.3 Å². The summed E-state index contributed by atoms with van der Waals surface area (Å²) in [6.45, 7) is 2.64. The number of carbonyl (C=O) groups is 1. The molecule has 2 rings (SSSR count). The molecule has 2 aromatic rings. The second-order valence-electron chi connectivity index (χ2n) is 5.05. The second kappa shape index (κ2) is 8.02. The van der Waals surface area contributed by atoms with Crippen LogP contribution in [-0.4, -0.2) is 22.4 Å². The SMILES string of the molecule is CCNc1nc(NC(=O)Cc2ccccc2CN)ccc1[N+](=O)[O-]. The maximum absolute atomic E-state index is 12.2. The molecule has 8 heteroatoms. The maximum Gasteiger partial charge on any atom is 0.311 e. The molecule has 126 valence electrons. The van der Waals surface area contributed by atoms with Gasteiger partial charge >= 0.3 is 5.69 Å². The Labute approximate surface area is 139 Å². The number of nitrogens with two attached hydrogens (primary N) is 1. The summed E-state index contributed by atoms with van der Waals surface area (Å²) < 4.78 is 0. The molecule has 0 spiro atoms. The Morgan fingerprint density at radius 3 is 2.58 bits per heavy atom. The van der Waals surface area contributed by atoms with Crippen LogP contribution in [0.5, 0.6) is 0 Å². The average molecular weight is 329 g/mol. The average Bonchev–Trinajstić information content (AvgIpc) is 2.55. The zero-order valence-electron chi connectivity index (χ0n) is 13.3. The Hall–Kier alpha value is -3.00. The predicted molar refractivity (Wildman–Crippen MR) is 91.7 cm³/mol. The van der Waals surface area contributed by atoms with Gasteiger partial charge in [-0.1, -0.05) is 24.3 Å². The Kier molecular flexibility index (Phi) is 5.80. The Balaban J connectivity index is 2.14. The van der Waals surface area contributed by atoms with Gasteiger partial charge in [-0.25, -0.2) is 4.98 Å². The van der Waals surface area contributed by atoms with E-state index in [0.29, 0.717) is 13.1 Å². The van der Waals surface area contributed by atoms with Gasteiger partial charge in [0.1, 0.15) is 5.82 Å². The lowest BCUT2D eigenvalue weighted by Gasteiger charge is -2.09. The highest BCUT2D eigenvalue weighted by atomic mass is 16.6. The zero-order chi connectivity index (χ0) is 17.5. The standard InChI is InChI=1S/C16H19N5O3/c1-2-18-16-13(21(23)24)7-8-14(20-16)19-15(22)9-11-5-3-4-6-12(11)10-17/h3-8H,2,9-10,17H2,1H3,(H2,18,19,20,22). The van der Waals surface area contributed by atoms with Gasteiger partial charge in [0.25, 0.3) is 0 Å². The smallest absolute Gasteiger partial charge is 0.311 e. The number of carbonyl (C=O) groups excluding carboxylic acids is 1. The number of nitrogens with one attached hydrogen (secondary N) is 2. The van der Waals surface area contributed by atoms with Crippen molar-refractivity contribution in [3.05, 3.63) is 57.6 Å². The van der Waals surface area contributed by atoms with Crippen LogP contribution in [0, 0.1) is 10.1 Å². The molecule has 1 aromatic heterocycles. The van der Waals surface area contributed by atoms with Crippen molar-refractivity contribution >= 4 is 23.2 Å². The molecule has 0 atom stereocenters. The molecule has 0 aliphatic carbocycles. The Morgan fingerprint density at radius 1 is 1.25 bits per heavy atom. The fraction of sp³-hybridized carbons (Fsp3) is 0.250. The molecule has 0 saturated carbocycles. The van der Waals surface area contributed by atoms with Gasteiger partial charge in [0.05, 0.1) is 11.3 Å². The van der Waals surface area contributed by atoms with E-state index in [1.54, 1.807) is 6.92 Å². The van der Waals surface area contributed by atoms with Gasteiger partial charge in [-0.3, -0.25) is 14.9 Å². The number of aromatic nitrogens is 1. The predicted octanol–water partition coefficient (Wildman–Crippen LogP) is 2.06. The van der Waals surface area contributed by atoms with E-state index < -0.39 is 4.92 Å². The lowest BCUT2D eigenvalue weighted by atomic mass is 10.0. The van der Waals surface area contributed by atoms with E-state index in [-0.39, 0.29) is 29.7 Å². The van der Waals surface area contributed by atoms with Crippen molar-refractivity contribution < 1.29 is 9.72 Å². The minimum Gasteiger partial charge on any atom is -0.365 e. The van der Waals surface area contributed by atoms with Crippen LogP contribution < -0.4 is 16.4 Å². The highest BCUT2D eigenvalue weighted by molar-refractivity contribution is 5.92. The summed E-state index contributed by atoms with van der Waals surface area (Å²) >= 11 is 0. The largest absolute Gasteiger partial charge is 0.365 e. The van der Waals surface area contributed by atoms with Crippen LogP contribution in [0.3, 0.4) is 0 Å². The maximum atomic E-state index is 12.2. The number of hydrogen-bond acceptors (Lipinski definition) is 6. The fourth-order valence-electron chi connectivity index (χ4n) is 2.26. The number of amides is 1. The number of nitro groups is 1. The number of anilines is 2. The number of nitrogens with zero attached hydrogens (tertiary/aromatic N) is 2. The number of hydrogen-bond donors (Lipinski definition) is 3. The Bertz CT molecular complexity index is 748. The van der Waals surface area contributed by atoms with E-state index >= 15 is 0 Å². The summed E-state index contributed by atoms with van der Waals surface area (Å²) in [5, 5.41) is 16.4. The molecule has 1 amide bonds. The summed E-state index contributed by atoms with van der Waals surface area (Å²) in [6.07, 6.45) is 0.155. The zero-order valence-corrected chi connectivity index (χ0v) is 13.3. The molecule has 0 fully saturated rings. The summed E-state index contributed by atoms with van der Waals surface area (Å²) in [4.78, 5) is 26.7. The lowest BCUT2D eigenvalue weighted by molar-refractivity contribution is -0.384. The van der Waals surface area contributed by atoms with Crippen molar-refractivity contribution in [3.8, 4) is 0 Å². The molecule has 0 unspecified atom stereocenters. The molecular formula is C16H19N5O3. The minimum atomic E-state index is -0.520. The minimum absolute atomic E-state index is 0.127. The molecular weight excluding hydrogens is 310 g/mol. The van der Waals surface area contributed by atoms with Gasteiger partial charge in [-0.15, -0.1) is 0 Å². The normalized spacial score (nSPS) is 10.2. The molecule has 0 aliphatic rings. The summed E-state index contributed by atoms with van der Waals surface area (Å²) in [6, 6.07) is 10.1. The highest BCUT2D eigenvalue weighted by Crippen LogP contribution is 2.23. The third kappa shape index (κ3) is 4.26. The third-order valence-corrected chi connectivity index (χ3v) is 3.37. The third-order valence-electron chi connectivity index (χ3n) is 3.37. The fourth-order valence-corrected chi connectivity index (χ4v) is 2.26. The van der Waals surface area contributed by atoms with Gasteiger partial charge in [0.2, 0.25) is 11.7 Å². The summed E-state index contributed by atoms with van der Waals surface area (Å²) in [5.74, 6) is 0.120. The van der Waals surface area contributed by atoms with Crippen molar-refractivity contribution in [1.29, 1.82) is 0 Å². The van der Waals surface area contributed by atoms with Gasteiger partial charge in [-0.2, -0.15) is 0 Å². The first-order valence-corrected chi connectivity index (χ1v) is 7.51. The van der Waals surface area contributed by atoms with E-state index in [0.717, 1.165) is 11.1 Å². The van der Waals surface area contributed by atoms with Crippen molar-refractivity contribution in [1.82, 2.24) is 4.98 Å². The van der Waals surface area contributed by atoms with Gasteiger partial charge in [0.15, 0.2) is 0 Å². The van der Waals surface area contributed by atoms with Gasteiger partial charge in [0, 0.05) is 19.2 Å². The van der Waals surface area contributed by atoms with Crippen LogP contribution in [0.2, 0.25) is 0 Å². The molecule has 4 N–H and O–H groups in total. The monoisotopic (exact) mass is 329 g/mol. The van der Waals surface area contributed by atoms with Crippen LogP contribution in [0.25, 0.3) is 0 Å². The highest BCUT2D eigenvalue weighted by Gasteiger charge is 2.16. The first-order chi connectivity index (χ1) is 11.5. The van der Waals surface area contributed by atoms with Crippen molar-refractivity contribution in [3.63, 3.8) is 0 Å². The van der Waals surface area contributed by atoms with Crippen LogP contribution in [0.1, 0.15) is 18.1 Å². The molecule has 0 bridgehead atoms. The summed E-state index contributed by atoms with van der Waals surface area (Å²) in [5.41, 5.74) is 7.26. The first-order valence-electron chi connectivity index (χ1n) is 7.51. The molecule has 0 radical (unpaired) electrons. The molecule has 0 aliphatic heterocycles. The topological polar surface area (TPSA) is 123 Å². The number of rotatable bonds is 7. The van der Waals surface area contributed by atoms with Crippen LogP contribution >= 0.6 is 0 Å². The van der Waals surface area contributed by atoms with E-state index in [2.05, 4.69) is 15.6 Å². The van der Waals surface area contributed by atoms with Crippen LogP contribution in [0.15, 0.2) is 36.4 Å². The van der Waals surface area contributed by atoms with Gasteiger partial charge in [-0.05, 0) is 24.1 Å². The number of pyridine rings is 1. The van der Waals surface area contributed by atoms with Gasteiger partial charge < -0.3 is 16.4 Å². The van der Waals surface area contributed by atoms with E-state index in [9.17, 15) is 14.9 Å². The van der Waals surface area contributed by atoms with Crippen LogP contribution in [-0.2, 0) is 17.8 Å². The number of benzene rings is 1. The molecule has 24 heavy (non-hydrogen) atoms. The van der Waals surface area contributed by atoms with E-state index in [1.165, 1.54) is 12.1 Å². The Morgan fingerprint density at radius 2 is 1.96 bits per heavy atom. The quantitative estimate of drug-likeness (QED) is 0.528. The van der Waals surface area contributed by atoms with E-state index in [1.807, 2.05) is 24.3 Å². The molecule has 1 aromatic carbocycles. The van der Waals surface area contributed by atoms with E-state index in [4.69, 9.17) is 5.73 Å². The van der Waals surface area contributed by atoms with Crippen molar-refractivity contribution in [2.24, 2.45) is 5.73 Å². The van der Waals surface area contributed by atoms with Crippen molar-refractivity contribution in [2.45, 2.75) is 19.9 Å². The molecule has 8 nitrogen and oxygen atoms in total. The van der Waals surface area contributed by atoms with Crippen molar-refractivity contribution in [2.75, 3.05) is 17.2 Å². The summed E-state index contributed by atoms with van der Waals surface area (Å²) in [7, 11) is 0. The molecule has 0 saturated heterocycles. The second-order valence-corrected chi connectivity index (χ2v) is 5.05. The lowest BCUT2D eigenvalue weighted by Crippen LogP contribution is -2.17. The molecule has 1 heterocycles.